The van der Waals surface area contributed by atoms with Crippen molar-refractivity contribution < 1.29 is 13.9 Å². The van der Waals surface area contributed by atoms with Gasteiger partial charge in [0, 0.05) is 10.9 Å². The average Bonchev–Trinajstić information content (AvgIpc) is 2.34. The van der Waals surface area contributed by atoms with Crippen LogP contribution < -0.4 is 4.72 Å². The normalized spacial score (nSPS) is 13.1. The summed E-state index contributed by atoms with van der Waals surface area (Å²) in [5.74, 6) is -0.838. The molecule has 1 unspecified atom stereocenters. The molecule has 0 aromatic carbocycles. The third-order valence-corrected chi connectivity index (χ3v) is 3.24. The van der Waals surface area contributed by atoms with Gasteiger partial charge in [-0.05, 0) is 32.9 Å². The van der Waals surface area contributed by atoms with Crippen molar-refractivity contribution in [2.75, 3.05) is 7.11 Å². The van der Waals surface area contributed by atoms with Gasteiger partial charge in [0.15, 0.2) is 0 Å². The highest BCUT2D eigenvalue weighted by Gasteiger charge is 2.23. The predicted molar refractivity (Wildman–Crippen MR) is 74.0 cm³/mol. The minimum absolute atomic E-state index is 0.0352. The first kappa shape index (κ1) is 15.9. The lowest BCUT2D eigenvalue weighted by Crippen LogP contribution is -2.25. The molecule has 0 spiro atoms. The first-order chi connectivity index (χ1) is 8.83. The Morgan fingerprint density at radius 3 is 2.79 bits per heavy atom. The topological polar surface area (TPSA) is 51.2 Å². The molecule has 0 radical (unpaired) electrons. The van der Waals surface area contributed by atoms with E-state index in [1.165, 1.54) is 37.4 Å². The average molecular weight is 286 g/mol. The fourth-order valence-corrected chi connectivity index (χ4v) is 2.04. The number of carbonyl (C=O) groups excluding carboxylic acids is 1. The molecule has 1 aromatic heterocycles. The molecule has 0 aliphatic carbocycles. The maximum Gasteiger partial charge on any atom is 0.307 e. The molecule has 0 aliphatic heterocycles. The van der Waals surface area contributed by atoms with Crippen LogP contribution in [0.1, 0.15) is 38.9 Å². The van der Waals surface area contributed by atoms with E-state index in [2.05, 4.69) is 14.4 Å². The molecule has 106 valence electrons. The number of carbonyl (C=O) groups is 1. The van der Waals surface area contributed by atoms with Crippen molar-refractivity contribution in [3.8, 4) is 0 Å². The molecular weight excluding hydrogens is 267 g/mol. The van der Waals surface area contributed by atoms with Crippen LogP contribution >= 0.6 is 11.9 Å². The van der Waals surface area contributed by atoms with Gasteiger partial charge in [-0.25, -0.2) is 4.39 Å². The van der Waals surface area contributed by atoms with Gasteiger partial charge in [-0.2, -0.15) is 0 Å². The molecule has 1 atom stereocenters. The lowest BCUT2D eigenvalue weighted by Gasteiger charge is -2.23. The molecule has 0 bridgehead atoms. The number of nitrogens with zero attached hydrogens (tertiary/aromatic N) is 1. The van der Waals surface area contributed by atoms with Crippen LogP contribution in [-0.2, 0) is 9.53 Å². The van der Waals surface area contributed by atoms with E-state index < -0.39 is 17.8 Å². The van der Waals surface area contributed by atoms with Gasteiger partial charge in [0.1, 0.15) is 5.82 Å². The minimum Gasteiger partial charge on any atom is -0.469 e. The Hall–Kier alpha value is -1.14. The number of nitrogens with one attached hydrogen (secondary N) is 1. The van der Waals surface area contributed by atoms with E-state index in [1.807, 2.05) is 20.8 Å². The van der Waals surface area contributed by atoms with Gasteiger partial charge in [-0.3, -0.25) is 14.5 Å². The van der Waals surface area contributed by atoms with Crippen LogP contribution in [0.25, 0.3) is 0 Å². The zero-order valence-corrected chi connectivity index (χ0v) is 12.4. The van der Waals surface area contributed by atoms with Crippen LogP contribution in [0.2, 0.25) is 0 Å². The van der Waals surface area contributed by atoms with Crippen molar-refractivity contribution in [3.63, 3.8) is 0 Å². The number of esters is 1. The van der Waals surface area contributed by atoms with E-state index in [-0.39, 0.29) is 16.9 Å². The summed E-state index contributed by atoms with van der Waals surface area (Å²) >= 11 is 1.43. The van der Waals surface area contributed by atoms with E-state index in [0.717, 1.165) is 0 Å². The van der Waals surface area contributed by atoms with Gasteiger partial charge in [0.05, 0.1) is 25.3 Å². The highest BCUT2D eigenvalue weighted by molar-refractivity contribution is 7.98. The largest absolute Gasteiger partial charge is 0.469 e. The van der Waals surface area contributed by atoms with Crippen molar-refractivity contribution in [1.82, 2.24) is 9.71 Å². The SMILES string of the molecule is COC(=O)CC(NSC(C)(C)C)c1ncccc1F. The number of rotatable bonds is 5. The van der Waals surface area contributed by atoms with Crippen molar-refractivity contribution >= 4 is 17.9 Å². The molecule has 0 saturated heterocycles. The third kappa shape index (κ3) is 5.57. The Balaban J connectivity index is 2.86. The summed E-state index contributed by atoms with van der Waals surface area (Å²) in [6.45, 7) is 6.07. The molecule has 1 aromatic rings. The van der Waals surface area contributed by atoms with Crippen LogP contribution in [0.5, 0.6) is 0 Å². The van der Waals surface area contributed by atoms with Crippen LogP contribution in [0, 0.1) is 5.82 Å². The zero-order valence-electron chi connectivity index (χ0n) is 11.6. The van der Waals surface area contributed by atoms with Crippen molar-refractivity contribution in [2.24, 2.45) is 0 Å². The van der Waals surface area contributed by atoms with Crippen LogP contribution in [0.3, 0.4) is 0 Å². The Kier molecular flexibility index (Phi) is 5.75. The number of methoxy groups -OCH3 is 1. The van der Waals surface area contributed by atoms with E-state index in [1.54, 1.807) is 0 Å². The number of pyridine rings is 1. The van der Waals surface area contributed by atoms with Crippen LogP contribution in [0.4, 0.5) is 4.39 Å². The molecule has 0 fully saturated rings. The second-order valence-corrected chi connectivity index (χ2v) is 6.70. The van der Waals surface area contributed by atoms with E-state index in [4.69, 9.17) is 0 Å². The highest BCUT2D eigenvalue weighted by atomic mass is 32.2. The van der Waals surface area contributed by atoms with Gasteiger partial charge in [-0.15, -0.1) is 0 Å². The summed E-state index contributed by atoms with van der Waals surface area (Å²) in [4.78, 5) is 15.4. The smallest absolute Gasteiger partial charge is 0.307 e. The van der Waals surface area contributed by atoms with Gasteiger partial charge in [0.25, 0.3) is 0 Å². The van der Waals surface area contributed by atoms with Gasteiger partial charge >= 0.3 is 5.97 Å². The predicted octanol–water partition coefficient (Wildman–Crippen LogP) is 2.86. The van der Waals surface area contributed by atoms with Gasteiger partial charge in [0.2, 0.25) is 0 Å². The third-order valence-electron chi connectivity index (χ3n) is 2.22. The fraction of sp³-hybridized carbons (Fsp3) is 0.538. The summed E-state index contributed by atoms with van der Waals surface area (Å²) in [7, 11) is 1.31. The lowest BCUT2D eigenvalue weighted by molar-refractivity contribution is -0.141. The Morgan fingerprint density at radius 2 is 2.26 bits per heavy atom. The maximum absolute atomic E-state index is 13.8. The summed E-state index contributed by atoms with van der Waals surface area (Å²) in [6, 6.07) is 2.33. The quantitative estimate of drug-likeness (QED) is 0.666. The summed E-state index contributed by atoms with van der Waals surface area (Å²) in [5, 5.41) is 0. The first-order valence-electron chi connectivity index (χ1n) is 5.94. The first-order valence-corrected chi connectivity index (χ1v) is 6.76. The second kappa shape index (κ2) is 6.86. The number of hydrogen-bond donors (Lipinski definition) is 1. The molecule has 1 N–H and O–H groups in total. The number of hydrogen-bond acceptors (Lipinski definition) is 5. The maximum atomic E-state index is 13.8. The summed E-state index contributed by atoms with van der Waals surface area (Å²) in [5.41, 5.74) is 0.227. The van der Waals surface area contributed by atoms with E-state index >= 15 is 0 Å². The number of ether oxygens (including phenoxy) is 1. The molecule has 0 saturated carbocycles. The molecule has 0 aliphatic rings. The van der Waals surface area contributed by atoms with Crippen LogP contribution in [0.15, 0.2) is 18.3 Å². The Morgan fingerprint density at radius 1 is 1.58 bits per heavy atom. The second-order valence-electron chi connectivity index (χ2n) is 5.04. The molecule has 1 heterocycles. The van der Waals surface area contributed by atoms with E-state index in [9.17, 15) is 9.18 Å². The van der Waals surface area contributed by atoms with E-state index in [0.29, 0.717) is 0 Å². The molecule has 6 heteroatoms. The lowest BCUT2D eigenvalue weighted by atomic mass is 10.1. The Bertz CT molecular complexity index is 435. The van der Waals surface area contributed by atoms with Crippen molar-refractivity contribution in [3.05, 3.63) is 29.8 Å². The number of aromatic nitrogens is 1. The fourth-order valence-electron chi connectivity index (χ4n) is 1.35. The molecular formula is C13H19FN2O2S. The van der Waals surface area contributed by atoms with Gasteiger partial charge < -0.3 is 4.74 Å². The summed E-state index contributed by atoms with van der Waals surface area (Å²) < 4.78 is 21.4. The molecule has 19 heavy (non-hydrogen) atoms. The van der Waals surface area contributed by atoms with Crippen LogP contribution in [-0.4, -0.2) is 22.8 Å². The number of halogens is 1. The monoisotopic (exact) mass is 286 g/mol. The van der Waals surface area contributed by atoms with Crippen molar-refractivity contribution in [2.45, 2.75) is 38.0 Å². The van der Waals surface area contributed by atoms with Gasteiger partial charge in [-0.1, -0.05) is 11.9 Å². The molecule has 0 amide bonds. The molecule has 1 rings (SSSR count). The minimum atomic E-state index is -0.516. The summed E-state index contributed by atoms with van der Waals surface area (Å²) in [6.07, 6.45) is 1.54. The standard InChI is InChI=1S/C13H19FN2O2S/c1-13(2,3)19-16-10(8-11(17)18-4)12-9(14)6-5-7-15-12/h5-7,10,16H,8H2,1-4H3. The highest BCUT2D eigenvalue weighted by Crippen LogP contribution is 2.26. The Labute approximate surface area is 117 Å². The molecule has 4 nitrogen and oxygen atoms in total. The van der Waals surface area contributed by atoms with Crippen molar-refractivity contribution in [1.29, 1.82) is 0 Å². The zero-order chi connectivity index (χ0) is 14.5.